The first-order valence-corrected chi connectivity index (χ1v) is 13.7. The standard InChI is InChI=1S/C27H37FN6O3/c1-3-8-34(25(36)29-18-35)24-20-12-21(28)23(13-22(20)31(2)30-24)33-16-26(17-33)14-19(15-26)32-9-6-27(7-10-32)5-4-11-37-27/h12-13,18-19H,3-11,14-17H2,1-2H3,(H,29,35,36). The summed E-state index contributed by atoms with van der Waals surface area (Å²) < 4.78 is 23.2. The minimum absolute atomic E-state index is 0.166. The second-order valence-electron chi connectivity index (χ2n) is 11.6. The van der Waals surface area contributed by atoms with Crippen LogP contribution in [0.2, 0.25) is 0 Å². The number of piperidine rings is 1. The van der Waals surface area contributed by atoms with Crippen LogP contribution in [0.15, 0.2) is 12.1 Å². The zero-order valence-electron chi connectivity index (χ0n) is 21.8. The van der Waals surface area contributed by atoms with E-state index < -0.39 is 6.03 Å². The molecule has 2 spiro atoms. The van der Waals surface area contributed by atoms with Crippen LogP contribution >= 0.6 is 0 Å². The molecule has 0 bridgehead atoms. The molecule has 200 valence electrons. The van der Waals surface area contributed by atoms with E-state index in [1.54, 1.807) is 11.7 Å². The molecule has 4 fully saturated rings. The van der Waals surface area contributed by atoms with Crippen molar-refractivity contribution in [2.24, 2.45) is 12.5 Å². The Morgan fingerprint density at radius 2 is 2.03 bits per heavy atom. The predicted molar refractivity (Wildman–Crippen MR) is 139 cm³/mol. The molecule has 0 atom stereocenters. The van der Waals surface area contributed by atoms with Gasteiger partial charge in [-0.25, -0.2) is 9.18 Å². The van der Waals surface area contributed by atoms with Crippen molar-refractivity contribution < 1.29 is 18.7 Å². The lowest BCUT2D eigenvalue weighted by molar-refractivity contribution is -0.108. The molecule has 1 aliphatic carbocycles. The first kappa shape index (κ1) is 24.6. The van der Waals surface area contributed by atoms with Gasteiger partial charge in [-0.1, -0.05) is 6.92 Å². The molecule has 3 amide bonds. The number of hydrogen-bond acceptors (Lipinski definition) is 6. The summed E-state index contributed by atoms with van der Waals surface area (Å²) in [6, 6.07) is 3.41. The molecule has 0 radical (unpaired) electrons. The zero-order chi connectivity index (χ0) is 25.8. The first-order chi connectivity index (χ1) is 17.9. The van der Waals surface area contributed by atoms with Crippen LogP contribution in [0.4, 0.5) is 20.7 Å². The Balaban J connectivity index is 1.12. The number of fused-ring (bicyclic) bond motifs is 1. The third-order valence-electron chi connectivity index (χ3n) is 9.17. The van der Waals surface area contributed by atoms with Crippen molar-refractivity contribution in [1.82, 2.24) is 20.0 Å². The average Bonchev–Trinajstić information content (AvgIpc) is 3.41. The number of carbonyl (C=O) groups is 2. The van der Waals surface area contributed by atoms with Gasteiger partial charge in [-0.05, 0) is 57.1 Å². The fraction of sp³-hybridized carbons (Fsp3) is 0.667. The molecule has 1 aromatic heterocycles. The maximum atomic E-state index is 15.4. The van der Waals surface area contributed by atoms with Gasteiger partial charge >= 0.3 is 6.03 Å². The number of halogens is 1. The molecule has 1 aromatic carbocycles. The highest BCUT2D eigenvalue weighted by atomic mass is 19.1. The second-order valence-corrected chi connectivity index (χ2v) is 11.6. The molecule has 9 nitrogen and oxygen atoms in total. The number of nitrogens with zero attached hydrogens (tertiary/aromatic N) is 5. The van der Waals surface area contributed by atoms with Crippen LogP contribution in [0.5, 0.6) is 0 Å². The van der Waals surface area contributed by atoms with Crippen LogP contribution in [0.3, 0.4) is 0 Å². The molecule has 3 saturated heterocycles. The summed E-state index contributed by atoms with van der Waals surface area (Å²) in [5.74, 6) is 0.0509. The van der Waals surface area contributed by atoms with Crippen LogP contribution in [0.25, 0.3) is 10.9 Å². The molecular weight excluding hydrogens is 475 g/mol. The maximum absolute atomic E-state index is 15.4. The van der Waals surface area contributed by atoms with Gasteiger partial charge in [0, 0.05) is 63.2 Å². The number of amides is 3. The zero-order valence-corrected chi connectivity index (χ0v) is 21.8. The van der Waals surface area contributed by atoms with E-state index in [1.165, 1.54) is 36.6 Å². The number of likely N-dealkylation sites (tertiary alicyclic amines) is 1. The molecule has 4 aliphatic rings. The molecule has 37 heavy (non-hydrogen) atoms. The molecule has 1 N–H and O–H groups in total. The fourth-order valence-electron chi connectivity index (χ4n) is 7.18. The summed E-state index contributed by atoms with van der Waals surface area (Å²) in [7, 11) is 1.79. The predicted octanol–water partition coefficient (Wildman–Crippen LogP) is 3.41. The van der Waals surface area contributed by atoms with Gasteiger partial charge in [-0.15, -0.1) is 0 Å². The van der Waals surface area contributed by atoms with Crippen LogP contribution in [0, 0.1) is 11.2 Å². The third kappa shape index (κ3) is 4.18. The molecule has 3 aliphatic heterocycles. The highest BCUT2D eigenvalue weighted by Crippen LogP contribution is 2.53. The topological polar surface area (TPSA) is 82.9 Å². The van der Waals surface area contributed by atoms with Gasteiger partial charge in [0.05, 0.1) is 16.8 Å². The summed E-state index contributed by atoms with van der Waals surface area (Å²) in [5.41, 5.74) is 1.82. The number of urea groups is 1. The van der Waals surface area contributed by atoms with Gasteiger partial charge in [-0.3, -0.25) is 19.7 Å². The average molecular weight is 513 g/mol. The maximum Gasteiger partial charge on any atom is 0.329 e. The minimum Gasteiger partial charge on any atom is -0.375 e. The largest absolute Gasteiger partial charge is 0.375 e. The number of nitrogens with one attached hydrogen (secondary N) is 1. The SMILES string of the molecule is CCCN(C(=O)NC=O)c1nn(C)c2cc(N3CC4(CC(N5CCC6(CCCO6)CC5)C4)C3)c(F)cc12. The number of rotatable bonds is 6. The number of imide groups is 1. The Morgan fingerprint density at radius 1 is 1.27 bits per heavy atom. The summed E-state index contributed by atoms with van der Waals surface area (Å²) in [6.45, 7) is 7.26. The van der Waals surface area contributed by atoms with E-state index in [0.717, 1.165) is 51.1 Å². The van der Waals surface area contributed by atoms with Gasteiger partial charge in [0.2, 0.25) is 6.41 Å². The van der Waals surface area contributed by atoms with E-state index in [-0.39, 0.29) is 11.4 Å². The number of ether oxygens (including phenoxy) is 1. The lowest BCUT2D eigenvalue weighted by Gasteiger charge is -2.62. The summed E-state index contributed by atoms with van der Waals surface area (Å²) >= 11 is 0. The Bertz CT molecular complexity index is 1180. The Kier molecular flexibility index (Phi) is 6.14. The quantitative estimate of drug-likeness (QED) is 0.598. The molecule has 0 unspecified atom stereocenters. The molecule has 4 heterocycles. The number of aryl methyl sites for hydroxylation is 1. The fourth-order valence-corrected chi connectivity index (χ4v) is 7.18. The molecular formula is C27H37FN6O3. The number of aromatic nitrogens is 2. The van der Waals surface area contributed by atoms with E-state index >= 15 is 4.39 Å². The van der Waals surface area contributed by atoms with E-state index in [2.05, 4.69) is 20.2 Å². The van der Waals surface area contributed by atoms with Gasteiger partial charge < -0.3 is 14.5 Å². The molecule has 10 heteroatoms. The summed E-state index contributed by atoms with van der Waals surface area (Å²) in [4.78, 5) is 29.5. The van der Waals surface area contributed by atoms with Gasteiger partial charge in [0.15, 0.2) is 5.82 Å². The van der Waals surface area contributed by atoms with Crippen molar-refractivity contribution in [1.29, 1.82) is 0 Å². The highest BCUT2D eigenvalue weighted by Gasteiger charge is 2.55. The van der Waals surface area contributed by atoms with E-state index in [0.29, 0.717) is 47.7 Å². The summed E-state index contributed by atoms with van der Waals surface area (Å²) in [6.07, 6.45) is 8.15. The van der Waals surface area contributed by atoms with Crippen molar-refractivity contribution in [2.45, 2.75) is 63.5 Å². The highest BCUT2D eigenvalue weighted by molar-refractivity contribution is 6.04. The minimum atomic E-state index is -0.565. The normalized spacial score (nSPS) is 22.8. The van der Waals surface area contributed by atoms with Crippen LogP contribution in [-0.2, 0) is 16.6 Å². The molecule has 1 saturated carbocycles. The Hall–Kier alpha value is -2.72. The van der Waals surface area contributed by atoms with Crippen LogP contribution in [0.1, 0.15) is 51.9 Å². The van der Waals surface area contributed by atoms with Crippen LogP contribution in [-0.4, -0.2) is 78.1 Å². The molecule has 6 rings (SSSR count). The van der Waals surface area contributed by atoms with Crippen molar-refractivity contribution in [2.75, 3.05) is 49.1 Å². The van der Waals surface area contributed by atoms with Crippen molar-refractivity contribution in [3.63, 3.8) is 0 Å². The van der Waals surface area contributed by atoms with Gasteiger partial charge in [0.1, 0.15) is 5.82 Å². The third-order valence-corrected chi connectivity index (χ3v) is 9.17. The van der Waals surface area contributed by atoms with Gasteiger partial charge in [-0.2, -0.15) is 5.10 Å². The second kappa shape index (κ2) is 9.23. The van der Waals surface area contributed by atoms with Crippen molar-refractivity contribution in [3.8, 4) is 0 Å². The Morgan fingerprint density at radius 3 is 2.68 bits per heavy atom. The lowest BCUT2D eigenvalue weighted by atomic mass is 9.60. The van der Waals surface area contributed by atoms with Crippen molar-refractivity contribution >= 4 is 34.8 Å². The molecule has 2 aromatic rings. The first-order valence-electron chi connectivity index (χ1n) is 13.7. The van der Waals surface area contributed by atoms with Gasteiger partial charge in [0.25, 0.3) is 0 Å². The summed E-state index contributed by atoms with van der Waals surface area (Å²) in [5, 5.41) is 7.24. The Labute approximate surface area is 216 Å². The van der Waals surface area contributed by atoms with E-state index in [1.807, 2.05) is 13.0 Å². The monoisotopic (exact) mass is 512 g/mol. The van der Waals surface area contributed by atoms with Crippen LogP contribution < -0.4 is 15.1 Å². The smallest absolute Gasteiger partial charge is 0.329 e. The van der Waals surface area contributed by atoms with E-state index in [9.17, 15) is 9.59 Å². The number of anilines is 2. The van der Waals surface area contributed by atoms with Crippen molar-refractivity contribution in [3.05, 3.63) is 17.9 Å². The number of benzene rings is 1. The number of hydrogen-bond donors (Lipinski definition) is 1. The van der Waals surface area contributed by atoms with E-state index in [4.69, 9.17) is 4.74 Å². The number of carbonyl (C=O) groups excluding carboxylic acids is 2. The lowest BCUT2D eigenvalue weighted by Crippen LogP contribution is -2.67.